The van der Waals surface area contributed by atoms with E-state index in [9.17, 15) is 4.79 Å². The number of aromatic nitrogens is 1. The molecule has 2 aromatic heterocycles. The number of urea groups is 1. The van der Waals surface area contributed by atoms with Crippen LogP contribution in [0.25, 0.3) is 0 Å². The van der Waals surface area contributed by atoms with Gasteiger partial charge in [-0.1, -0.05) is 6.07 Å². The van der Waals surface area contributed by atoms with Crippen molar-refractivity contribution in [2.24, 2.45) is 0 Å². The molecule has 7 heteroatoms. The quantitative estimate of drug-likeness (QED) is 0.882. The number of hydrogen-bond donors (Lipinski definition) is 2. The van der Waals surface area contributed by atoms with Crippen LogP contribution in [0.1, 0.15) is 10.9 Å². The van der Waals surface area contributed by atoms with Gasteiger partial charge in [0, 0.05) is 42.6 Å². The third-order valence-electron chi connectivity index (χ3n) is 3.75. The lowest BCUT2D eigenvalue weighted by Crippen LogP contribution is -2.44. The van der Waals surface area contributed by atoms with Crippen molar-refractivity contribution in [3.05, 3.63) is 46.9 Å². The fraction of sp³-hybridized carbons (Fsp3) is 0.375. The highest BCUT2D eigenvalue weighted by Gasteiger charge is 2.23. The van der Waals surface area contributed by atoms with Crippen LogP contribution in [0.2, 0.25) is 0 Å². The van der Waals surface area contributed by atoms with Crippen LogP contribution < -0.4 is 10.6 Å². The molecule has 2 N–H and O–H groups in total. The second-order valence-electron chi connectivity index (χ2n) is 5.25. The summed E-state index contributed by atoms with van der Waals surface area (Å²) in [6.07, 6.45) is 3.30. The summed E-state index contributed by atoms with van der Waals surface area (Å²) in [4.78, 5) is 19.6. The number of nitrogens with one attached hydrogen (secondary N) is 2. The molecular formula is C16H20N4O2S. The highest BCUT2D eigenvalue weighted by atomic mass is 32.1. The second kappa shape index (κ2) is 8.05. The van der Waals surface area contributed by atoms with Gasteiger partial charge in [-0.25, -0.2) is 4.79 Å². The summed E-state index contributed by atoms with van der Waals surface area (Å²) in [5.74, 6) is 0. The minimum atomic E-state index is -0.203. The molecule has 3 rings (SSSR count). The maximum absolute atomic E-state index is 12.1. The summed E-state index contributed by atoms with van der Waals surface area (Å²) >= 11 is 1.72. The van der Waals surface area contributed by atoms with Crippen molar-refractivity contribution in [1.82, 2.24) is 15.2 Å². The molecule has 0 radical (unpaired) electrons. The Morgan fingerprint density at radius 1 is 1.30 bits per heavy atom. The highest BCUT2D eigenvalue weighted by Crippen LogP contribution is 2.25. The number of thiophene rings is 1. The first kappa shape index (κ1) is 15.9. The predicted molar refractivity (Wildman–Crippen MR) is 90.7 cm³/mol. The maximum Gasteiger partial charge on any atom is 0.319 e. The van der Waals surface area contributed by atoms with Crippen LogP contribution in [0.3, 0.4) is 0 Å². The fourth-order valence-electron chi connectivity index (χ4n) is 2.58. The Kier molecular flexibility index (Phi) is 5.57. The SMILES string of the molecule is O=C(NC[C@@H](c1cccs1)N1CCOCC1)Nc1ccncc1. The van der Waals surface area contributed by atoms with Crippen LogP contribution in [0.15, 0.2) is 42.0 Å². The number of anilines is 1. The molecule has 6 nitrogen and oxygen atoms in total. The Labute approximate surface area is 139 Å². The Bertz CT molecular complexity index is 600. The molecule has 0 bridgehead atoms. The summed E-state index contributed by atoms with van der Waals surface area (Å²) in [6, 6.07) is 7.67. The standard InChI is InChI=1S/C16H20N4O2S/c21-16(19-13-3-5-17-6-4-13)18-12-14(15-2-1-11-23-15)20-7-9-22-10-8-20/h1-6,11,14H,7-10,12H2,(H2,17,18,19,21)/t14-/m0/s1. The molecule has 2 amide bonds. The van der Waals surface area contributed by atoms with Crippen LogP contribution in [-0.2, 0) is 4.74 Å². The minimum absolute atomic E-state index is 0.182. The number of amides is 2. The lowest BCUT2D eigenvalue weighted by Gasteiger charge is -2.34. The van der Waals surface area contributed by atoms with E-state index in [1.165, 1.54) is 4.88 Å². The van der Waals surface area contributed by atoms with Crippen LogP contribution in [0, 0.1) is 0 Å². The first-order chi connectivity index (χ1) is 11.3. The van der Waals surface area contributed by atoms with Gasteiger partial charge in [0.2, 0.25) is 0 Å². The average Bonchev–Trinajstić information content (AvgIpc) is 3.11. The molecule has 23 heavy (non-hydrogen) atoms. The van der Waals surface area contributed by atoms with Gasteiger partial charge >= 0.3 is 6.03 Å². The molecule has 0 spiro atoms. The summed E-state index contributed by atoms with van der Waals surface area (Å²) < 4.78 is 5.43. The number of morpholine rings is 1. The lowest BCUT2D eigenvalue weighted by atomic mass is 10.2. The minimum Gasteiger partial charge on any atom is -0.379 e. The van der Waals surface area contributed by atoms with Gasteiger partial charge in [0.1, 0.15) is 0 Å². The molecule has 122 valence electrons. The van der Waals surface area contributed by atoms with Gasteiger partial charge in [-0.15, -0.1) is 11.3 Å². The average molecular weight is 332 g/mol. The number of nitrogens with zero attached hydrogens (tertiary/aromatic N) is 2. The molecule has 0 unspecified atom stereocenters. The van der Waals surface area contributed by atoms with E-state index in [2.05, 4.69) is 32.0 Å². The Morgan fingerprint density at radius 3 is 2.78 bits per heavy atom. The Balaban J connectivity index is 1.59. The number of rotatable bonds is 5. The van der Waals surface area contributed by atoms with Crippen LogP contribution >= 0.6 is 11.3 Å². The largest absolute Gasteiger partial charge is 0.379 e. The molecule has 1 aliphatic heterocycles. The highest BCUT2D eigenvalue weighted by molar-refractivity contribution is 7.10. The maximum atomic E-state index is 12.1. The first-order valence-corrected chi connectivity index (χ1v) is 8.51. The number of hydrogen-bond acceptors (Lipinski definition) is 5. The monoisotopic (exact) mass is 332 g/mol. The topological polar surface area (TPSA) is 66.5 Å². The van der Waals surface area contributed by atoms with E-state index in [1.807, 2.05) is 6.07 Å². The van der Waals surface area contributed by atoms with E-state index in [-0.39, 0.29) is 12.1 Å². The van der Waals surface area contributed by atoms with E-state index in [1.54, 1.807) is 35.9 Å². The molecule has 0 saturated carbocycles. The van der Waals surface area contributed by atoms with Gasteiger partial charge in [0.15, 0.2) is 0 Å². The summed E-state index contributed by atoms with van der Waals surface area (Å²) in [7, 11) is 0. The van der Waals surface area contributed by atoms with Crippen molar-refractivity contribution in [2.75, 3.05) is 38.2 Å². The van der Waals surface area contributed by atoms with Crippen molar-refractivity contribution in [1.29, 1.82) is 0 Å². The van der Waals surface area contributed by atoms with Crippen LogP contribution in [-0.4, -0.2) is 48.8 Å². The molecular weight excluding hydrogens is 312 g/mol. The first-order valence-electron chi connectivity index (χ1n) is 7.63. The van der Waals surface area contributed by atoms with Crippen molar-refractivity contribution in [3.63, 3.8) is 0 Å². The van der Waals surface area contributed by atoms with E-state index < -0.39 is 0 Å². The predicted octanol–water partition coefficient (Wildman–Crippen LogP) is 2.34. The molecule has 1 atom stereocenters. The van der Waals surface area contributed by atoms with Crippen LogP contribution in [0.5, 0.6) is 0 Å². The summed E-state index contributed by atoms with van der Waals surface area (Å²) in [6.45, 7) is 3.82. The number of carbonyl (C=O) groups excluding carboxylic acids is 1. The molecule has 0 aromatic carbocycles. The van der Waals surface area contributed by atoms with E-state index in [4.69, 9.17) is 4.74 Å². The van der Waals surface area contributed by atoms with Crippen molar-refractivity contribution < 1.29 is 9.53 Å². The van der Waals surface area contributed by atoms with E-state index >= 15 is 0 Å². The van der Waals surface area contributed by atoms with Crippen molar-refractivity contribution in [2.45, 2.75) is 6.04 Å². The Morgan fingerprint density at radius 2 is 2.09 bits per heavy atom. The molecule has 1 aliphatic rings. The molecule has 1 fully saturated rings. The Hall–Kier alpha value is -1.96. The fourth-order valence-corrected chi connectivity index (χ4v) is 3.44. The number of ether oxygens (including phenoxy) is 1. The van der Waals surface area contributed by atoms with Gasteiger partial charge in [-0.2, -0.15) is 0 Å². The molecule has 3 heterocycles. The summed E-state index contributed by atoms with van der Waals surface area (Å²) in [5, 5.41) is 7.86. The second-order valence-corrected chi connectivity index (χ2v) is 6.23. The zero-order valence-corrected chi connectivity index (χ0v) is 13.6. The molecule has 2 aromatic rings. The third kappa shape index (κ3) is 4.51. The van der Waals surface area contributed by atoms with Crippen molar-refractivity contribution in [3.8, 4) is 0 Å². The van der Waals surface area contributed by atoms with Gasteiger partial charge < -0.3 is 15.4 Å². The van der Waals surface area contributed by atoms with Crippen LogP contribution in [0.4, 0.5) is 10.5 Å². The summed E-state index contributed by atoms with van der Waals surface area (Å²) in [5.41, 5.74) is 0.733. The zero-order chi connectivity index (χ0) is 15.9. The lowest BCUT2D eigenvalue weighted by molar-refractivity contribution is 0.0175. The number of carbonyl (C=O) groups is 1. The van der Waals surface area contributed by atoms with E-state index in [0.29, 0.717) is 6.54 Å². The number of pyridine rings is 1. The normalized spacial score (nSPS) is 16.7. The van der Waals surface area contributed by atoms with Gasteiger partial charge in [0.25, 0.3) is 0 Å². The van der Waals surface area contributed by atoms with Gasteiger partial charge in [-0.3, -0.25) is 9.88 Å². The molecule has 0 aliphatic carbocycles. The smallest absolute Gasteiger partial charge is 0.319 e. The van der Waals surface area contributed by atoms with Crippen molar-refractivity contribution >= 4 is 23.1 Å². The van der Waals surface area contributed by atoms with Gasteiger partial charge in [0.05, 0.1) is 19.3 Å². The zero-order valence-electron chi connectivity index (χ0n) is 12.8. The molecule has 1 saturated heterocycles. The van der Waals surface area contributed by atoms with E-state index in [0.717, 1.165) is 32.0 Å². The van der Waals surface area contributed by atoms with Gasteiger partial charge in [-0.05, 0) is 23.6 Å². The third-order valence-corrected chi connectivity index (χ3v) is 4.73.